The molecule has 0 amide bonds. The van der Waals surface area contributed by atoms with Gasteiger partial charge in [0, 0.05) is 17.6 Å². The summed E-state index contributed by atoms with van der Waals surface area (Å²) in [6.07, 6.45) is 2.17. The molecule has 0 aromatic heterocycles. The summed E-state index contributed by atoms with van der Waals surface area (Å²) in [5, 5.41) is 3.15. The van der Waals surface area contributed by atoms with Crippen LogP contribution in [0.4, 0.5) is 8.78 Å². The first-order chi connectivity index (χ1) is 6.61. The fourth-order valence-corrected chi connectivity index (χ4v) is 1.37. The lowest BCUT2D eigenvalue weighted by Gasteiger charge is -2.12. The van der Waals surface area contributed by atoms with Crippen LogP contribution in [-0.4, -0.2) is 5.54 Å². The minimum atomic E-state index is -0.471. The van der Waals surface area contributed by atoms with Gasteiger partial charge in [0.15, 0.2) is 0 Å². The Hall–Kier alpha value is -0.960. The summed E-state index contributed by atoms with van der Waals surface area (Å²) in [6, 6.07) is 3.96. The van der Waals surface area contributed by atoms with Crippen LogP contribution in [0.2, 0.25) is 0 Å². The van der Waals surface area contributed by atoms with Gasteiger partial charge in [-0.05, 0) is 31.9 Å². The number of rotatable bonds is 3. The van der Waals surface area contributed by atoms with Crippen LogP contribution in [0.1, 0.15) is 25.3 Å². The Morgan fingerprint density at radius 2 is 1.86 bits per heavy atom. The van der Waals surface area contributed by atoms with Gasteiger partial charge in [-0.1, -0.05) is 6.07 Å². The van der Waals surface area contributed by atoms with E-state index < -0.39 is 11.6 Å². The fourth-order valence-electron chi connectivity index (χ4n) is 1.37. The van der Waals surface area contributed by atoms with E-state index in [2.05, 4.69) is 12.2 Å². The zero-order valence-corrected chi connectivity index (χ0v) is 8.11. The monoisotopic (exact) mass is 197 g/mol. The van der Waals surface area contributed by atoms with Gasteiger partial charge in [-0.3, -0.25) is 0 Å². The van der Waals surface area contributed by atoms with Crippen molar-refractivity contribution in [2.45, 2.75) is 31.8 Å². The minimum absolute atomic E-state index is 0.106. The molecule has 0 radical (unpaired) electrons. The van der Waals surface area contributed by atoms with Crippen molar-refractivity contribution in [3.8, 4) is 0 Å². The first-order valence-electron chi connectivity index (χ1n) is 4.79. The lowest BCUT2D eigenvalue weighted by atomic mass is 10.2. The van der Waals surface area contributed by atoms with Crippen molar-refractivity contribution in [3.63, 3.8) is 0 Å². The predicted octanol–water partition coefficient (Wildman–Crippen LogP) is 2.61. The molecule has 1 fully saturated rings. The highest BCUT2D eigenvalue weighted by Crippen LogP contribution is 2.34. The molecule has 76 valence electrons. The van der Waals surface area contributed by atoms with E-state index in [0.29, 0.717) is 0 Å². The van der Waals surface area contributed by atoms with Gasteiger partial charge >= 0.3 is 0 Å². The molecule has 0 unspecified atom stereocenters. The summed E-state index contributed by atoms with van der Waals surface area (Å²) in [5.41, 5.74) is 0.245. The zero-order chi connectivity index (χ0) is 10.2. The molecule has 0 bridgehead atoms. The van der Waals surface area contributed by atoms with Gasteiger partial charge in [0.25, 0.3) is 0 Å². The van der Waals surface area contributed by atoms with Crippen LogP contribution in [0, 0.1) is 11.6 Å². The van der Waals surface area contributed by atoms with Crippen LogP contribution >= 0.6 is 0 Å². The minimum Gasteiger partial charge on any atom is -0.307 e. The van der Waals surface area contributed by atoms with Gasteiger partial charge < -0.3 is 5.32 Å². The van der Waals surface area contributed by atoms with Gasteiger partial charge in [0.05, 0.1) is 0 Å². The van der Waals surface area contributed by atoms with Crippen molar-refractivity contribution in [2.75, 3.05) is 0 Å². The maximum absolute atomic E-state index is 13.2. The lowest BCUT2D eigenvalue weighted by Crippen LogP contribution is -2.27. The molecule has 2 rings (SSSR count). The third-order valence-corrected chi connectivity index (χ3v) is 2.75. The molecule has 1 aromatic rings. The highest BCUT2D eigenvalue weighted by atomic mass is 19.1. The topological polar surface area (TPSA) is 12.0 Å². The van der Waals surface area contributed by atoms with Crippen molar-refractivity contribution in [1.82, 2.24) is 5.32 Å². The molecular formula is C11H13F2N. The maximum Gasteiger partial charge on any atom is 0.130 e. The lowest BCUT2D eigenvalue weighted by molar-refractivity contribution is 0.492. The Morgan fingerprint density at radius 3 is 2.36 bits per heavy atom. The van der Waals surface area contributed by atoms with E-state index in [0.717, 1.165) is 12.8 Å². The summed E-state index contributed by atoms with van der Waals surface area (Å²) in [4.78, 5) is 0. The zero-order valence-electron chi connectivity index (χ0n) is 8.11. The van der Waals surface area contributed by atoms with Gasteiger partial charge in [0.2, 0.25) is 0 Å². The molecule has 3 heteroatoms. The van der Waals surface area contributed by atoms with E-state index >= 15 is 0 Å². The number of nitrogens with one attached hydrogen (secondary N) is 1. The summed E-state index contributed by atoms with van der Waals surface area (Å²) >= 11 is 0. The van der Waals surface area contributed by atoms with Crippen LogP contribution in [0.15, 0.2) is 18.2 Å². The van der Waals surface area contributed by atoms with Crippen LogP contribution in [0.3, 0.4) is 0 Å². The molecule has 14 heavy (non-hydrogen) atoms. The molecule has 1 aliphatic carbocycles. The Balaban J connectivity index is 2.08. The summed E-state index contributed by atoms with van der Waals surface area (Å²) < 4.78 is 26.3. The molecule has 0 heterocycles. The van der Waals surface area contributed by atoms with Crippen molar-refractivity contribution in [1.29, 1.82) is 0 Å². The third kappa shape index (κ3) is 1.93. The molecule has 1 saturated carbocycles. The molecule has 0 saturated heterocycles. The van der Waals surface area contributed by atoms with Crippen molar-refractivity contribution in [2.24, 2.45) is 0 Å². The SMILES string of the molecule is CC1(NCc2c(F)cccc2F)CC1. The number of hydrogen-bond donors (Lipinski definition) is 1. The summed E-state index contributed by atoms with van der Waals surface area (Å²) in [6.45, 7) is 2.33. The standard InChI is InChI=1S/C11H13F2N/c1-11(5-6-11)14-7-8-9(12)3-2-4-10(8)13/h2-4,14H,5-7H2,1H3. The van der Waals surface area contributed by atoms with Crippen LogP contribution < -0.4 is 5.32 Å². The first kappa shape index (κ1) is 9.59. The van der Waals surface area contributed by atoms with Crippen LogP contribution in [0.5, 0.6) is 0 Å². The third-order valence-electron chi connectivity index (χ3n) is 2.75. The summed E-state index contributed by atoms with van der Waals surface area (Å²) in [7, 11) is 0. The average molecular weight is 197 g/mol. The Bertz CT molecular complexity index is 325. The van der Waals surface area contributed by atoms with Crippen LogP contribution in [-0.2, 0) is 6.54 Å². The van der Waals surface area contributed by atoms with Crippen molar-refractivity contribution >= 4 is 0 Å². The van der Waals surface area contributed by atoms with Gasteiger partial charge in [-0.15, -0.1) is 0 Å². The fraction of sp³-hybridized carbons (Fsp3) is 0.455. The molecular weight excluding hydrogens is 184 g/mol. The largest absolute Gasteiger partial charge is 0.307 e. The highest BCUT2D eigenvalue weighted by molar-refractivity contribution is 5.20. The first-order valence-corrected chi connectivity index (χ1v) is 4.79. The molecule has 0 atom stereocenters. The highest BCUT2D eigenvalue weighted by Gasteiger charge is 2.36. The molecule has 0 spiro atoms. The van der Waals surface area contributed by atoms with Gasteiger partial charge in [-0.25, -0.2) is 8.78 Å². The molecule has 1 nitrogen and oxygen atoms in total. The van der Waals surface area contributed by atoms with E-state index in [9.17, 15) is 8.78 Å². The van der Waals surface area contributed by atoms with E-state index in [4.69, 9.17) is 0 Å². The molecule has 1 N–H and O–H groups in total. The van der Waals surface area contributed by atoms with Crippen molar-refractivity contribution < 1.29 is 8.78 Å². The smallest absolute Gasteiger partial charge is 0.130 e. The van der Waals surface area contributed by atoms with E-state index in [1.54, 1.807) is 0 Å². The second-order valence-electron chi connectivity index (χ2n) is 4.11. The van der Waals surface area contributed by atoms with Gasteiger partial charge in [0.1, 0.15) is 11.6 Å². The van der Waals surface area contributed by atoms with Gasteiger partial charge in [-0.2, -0.15) is 0 Å². The van der Waals surface area contributed by atoms with Crippen LogP contribution in [0.25, 0.3) is 0 Å². The van der Waals surface area contributed by atoms with Crippen molar-refractivity contribution in [3.05, 3.63) is 35.4 Å². The Morgan fingerprint density at radius 1 is 1.29 bits per heavy atom. The Labute approximate surface area is 82.1 Å². The second kappa shape index (κ2) is 3.31. The van der Waals surface area contributed by atoms with E-state index in [1.165, 1.54) is 18.2 Å². The number of benzene rings is 1. The molecule has 1 aliphatic rings. The predicted molar refractivity (Wildman–Crippen MR) is 50.8 cm³/mol. The normalized spacial score (nSPS) is 18.2. The number of halogens is 2. The Kier molecular flexibility index (Phi) is 2.27. The molecule has 1 aromatic carbocycles. The maximum atomic E-state index is 13.2. The van der Waals surface area contributed by atoms with E-state index in [-0.39, 0.29) is 17.6 Å². The number of hydrogen-bond acceptors (Lipinski definition) is 1. The second-order valence-corrected chi connectivity index (χ2v) is 4.11. The summed E-state index contributed by atoms with van der Waals surface area (Å²) in [5.74, 6) is -0.941. The quantitative estimate of drug-likeness (QED) is 0.785. The molecule has 0 aliphatic heterocycles. The average Bonchev–Trinajstić information content (AvgIpc) is 2.83. The van der Waals surface area contributed by atoms with E-state index in [1.807, 2.05) is 0 Å².